The van der Waals surface area contributed by atoms with Crippen LogP contribution in [-0.2, 0) is 27.2 Å². The van der Waals surface area contributed by atoms with E-state index in [1.165, 1.54) is 13.4 Å². The molecular formula is C16H20N4O3. The Labute approximate surface area is 134 Å². The number of nitrogens with zero attached hydrogens (tertiary/aromatic N) is 1. The van der Waals surface area contributed by atoms with Crippen LogP contribution in [-0.4, -0.2) is 41.0 Å². The molecule has 23 heavy (non-hydrogen) atoms. The Kier molecular flexibility index (Phi) is 5.87. The van der Waals surface area contributed by atoms with Crippen molar-refractivity contribution in [2.75, 3.05) is 7.11 Å². The molecule has 1 heterocycles. The largest absolute Gasteiger partial charge is 0.467 e. The van der Waals surface area contributed by atoms with E-state index < -0.39 is 24.0 Å². The Morgan fingerprint density at radius 3 is 2.65 bits per heavy atom. The number of ether oxygens (including phenoxy) is 1. The minimum absolute atomic E-state index is 0.236. The van der Waals surface area contributed by atoms with Gasteiger partial charge < -0.3 is 20.8 Å². The van der Waals surface area contributed by atoms with Gasteiger partial charge in [0.15, 0.2) is 0 Å². The average Bonchev–Trinajstić information content (AvgIpc) is 3.07. The Balaban J connectivity index is 1.97. The lowest BCUT2D eigenvalue weighted by molar-refractivity contribution is -0.145. The van der Waals surface area contributed by atoms with Gasteiger partial charge in [0.25, 0.3) is 0 Å². The van der Waals surface area contributed by atoms with E-state index in [0.717, 1.165) is 5.56 Å². The summed E-state index contributed by atoms with van der Waals surface area (Å²) in [6, 6.07) is 7.89. The van der Waals surface area contributed by atoms with Crippen LogP contribution in [0.25, 0.3) is 0 Å². The van der Waals surface area contributed by atoms with Crippen LogP contribution >= 0.6 is 0 Å². The Morgan fingerprint density at radius 2 is 2.04 bits per heavy atom. The highest BCUT2D eigenvalue weighted by Crippen LogP contribution is 2.04. The number of nitrogens with one attached hydrogen (secondary N) is 2. The third kappa shape index (κ3) is 4.93. The van der Waals surface area contributed by atoms with E-state index in [4.69, 9.17) is 10.5 Å². The monoisotopic (exact) mass is 316 g/mol. The van der Waals surface area contributed by atoms with Crippen LogP contribution in [0.2, 0.25) is 0 Å². The van der Waals surface area contributed by atoms with Gasteiger partial charge in [-0.15, -0.1) is 0 Å². The van der Waals surface area contributed by atoms with Crippen molar-refractivity contribution in [2.24, 2.45) is 5.73 Å². The SMILES string of the molecule is COC(=O)[C@H](Cc1c[nH]cn1)NC(=O)[C@@H](N)Cc1ccccc1. The fourth-order valence-corrected chi connectivity index (χ4v) is 2.19. The number of rotatable bonds is 7. The molecule has 0 radical (unpaired) electrons. The van der Waals surface area contributed by atoms with Gasteiger partial charge in [0.2, 0.25) is 5.91 Å². The first-order chi connectivity index (χ1) is 11.1. The molecule has 2 aromatic rings. The second-order valence-corrected chi connectivity index (χ2v) is 5.15. The molecule has 7 heteroatoms. The number of amides is 1. The first-order valence-corrected chi connectivity index (χ1v) is 7.25. The highest BCUT2D eigenvalue weighted by Gasteiger charge is 2.25. The van der Waals surface area contributed by atoms with E-state index in [1.54, 1.807) is 6.20 Å². The number of carbonyl (C=O) groups excluding carboxylic acids is 2. The molecule has 0 aliphatic heterocycles. The maximum Gasteiger partial charge on any atom is 0.328 e. The molecule has 122 valence electrons. The van der Waals surface area contributed by atoms with E-state index >= 15 is 0 Å². The quantitative estimate of drug-likeness (QED) is 0.631. The van der Waals surface area contributed by atoms with Crippen LogP contribution in [0.4, 0.5) is 0 Å². The van der Waals surface area contributed by atoms with Gasteiger partial charge in [0.1, 0.15) is 6.04 Å². The van der Waals surface area contributed by atoms with E-state index in [1.807, 2.05) is 30.3 Å². The molecule has 1 aromatic heterocycles. The molecule has 1 amide bonds. The fraction of sp³-hybridized carbons (Fsp3) is 0.312. The number of imidazole rings is 1. The number of methoxy groups -OCH3 is 1. The Morgan fingerprint density at radius 1 is 1.30 bits per heavy atom. The molecule has 2 atom stereocenters. The number of nitrogens with two attached hydrogens (primary N) is 1. The molecular weight excluding hydrogens is 296 g/mol. The maximum absolute atomic E-state index is 12.2. The maximum atomic E-state index is 12.2. The summed E-state index contributed by atoms with van der Waals surface area (Å²) in [5, 5.41) is 2.63. The van der Waals surface area contributed by atoms with E-state index in [-0.39, 0.29) is 6.42 Å². The minimum atomic E-state index is -0.822. The van der Waals surface area contributed by atoms with Crippen LogP contribution in [0.3, 0.4) is 0 Å². The van der Waals surface area contributed by atoms with Gasteiger partial charge in [-0.1, -0.05) is 30.3 Å². The summed E-state index contributed by atoms with van der Waals surface area (Å²) in [5.74, 6) is -0.937. The predicted octanol–water partition coefficient (Wildman–Crippen LogP) is 0.180. The molecule has 0 saturated heterocycles. The molecule has 7 nitrogen and oxygen atoms in total. The molecule has 0 bridgehead atoms. The van der Waals surface area contributed by atoms with Gasteiger partial charge in [-0.25, -0.2) is 9.78 Å². The van der Waals surface area contributed by atoms with E-state index in [0.29, 0.717) is 12.1 Å². The highest BCUT2D eigenvalue weighted by molar-refractivity contribution is 5.87. The average molecular weight is 316 g/mol. The number of hydrogen-bond acceptors (Lipinski definition) is 5. The summed E-state index contributed by atoms with van der Waals surface area (Å²) in [7, 11) is 1.27. The van der Waals surface area contributed by atoms with Crippen molar-refractivity contribution in [1.82, 2.24) is 15.3 Å². The summed E-state index contributed by atoms with van der Waals surface area (Å²) in [5.41, 5.74) is 7.53. The summed E-state index contributed by atoms with van der Waals surface area (Å²) in [6.07, 6.45) is 3.79. The molecule has 0 aliphatic carbocycles. The van der Waals surface area contributed by atoms with Crippen molar-refractivity contribution in [3.05, 3.63) is 54.1 Å². The van der Waals surface area contributed by atoms with Crippen LogP contribution in [0, 0.1) is 0 Å². The second kappa shape index (κ2) is 8.09. The number of hydrogen-bond donors (Lipinski definition) is 3. The number of carbonyl (C=O) groups is 2. The number of benzene rings is 1. The predicted molar refractivity (Wildman–Crippen MR) is 84.4 cm³/mol. The molecule has 0 saturated carbocycles. The van der Waals surface area contributed by atoms with Crippen LogP contribution < -0.4 is 11.1 Å². The lowest BCUT2D eigenvalue weighted by Gasteiger charge is -2.18. The summed E-state index contributed by atoms with van der Waals surface area (Å²) in [6.45, 7) is 0. The van der Waals surface area contributed by atoms with Crippen molar-refractivity contribution in [3.8, 4) is 0 Å². The standard InChI is InChI=1S/C16H20N4O3/c1-23-16(22)14(8-12-9-18-10-19-12)20-15(21)13(17)7-11-5-3-2-4-6-11/h2-6,9-10,13-14H,7-8,17H2,1H3,(H,18,19)(H,20,21)/t13-,14-/m0/s1. The Hall–Kier alpha value is -2.67. The summed E-state index contributed by atoms with van der Waals surface area (Å²) < 4.78 is 4.73. The lowest BCUT2D eigenvalue weighted by atomic mass is 10.1. The third-order valence-electron chi connectivity index (χ3n) is 3.41. The molecule has 2 rings (SSSR count). The zero-order chi connectivity index (χ0) is 16.7. The van der Waals surface area contributed by atoms with Gasteiger partial charge in [0, 0.05) is 12.6 Å². The van der Waals surface area contributed by atoms with E-state index in [2.05, 4.69) is 15.3 Å². The first kappa shape index (κ1) is 16.7. The minimum Gasteiger partial charge on any atom is -0.467 e. The zero-order valence-corrected chi connectivity index (χ0v) is 12.9. The number of aromatic amines is 1. The topological polar surface area (TPSA) is 110 Å². The van der Waals surface area contributed by atoms with Crippen molar-refractivity contribution in [2.45, 2.75) is 24.9 Å². The van der Waals surface area contributed by atoms with Gasteiger partial charge >= 0.3 is 5.97 Å². The summed E-state index contributed by atoms with van der Waals surface area (Å²) >= 11 is 0. The highest BCUT2D eigenvalue weighted by atomic mass is 16.5. The fourth-order valence-electron chi connectivity index (χ4n) is 2.19. The third-order valence-corrected chi connectivity index (χ3v) is 3.41. The van der Waals surface area contributed by atoms with Crippen LogP contribution in [0.5, 0.6) is 0 Å². The van der Waals surface area contributed by atoms with E-state index in [9.17, 15) is 9.59 Å². The van der Waals surface area contributed by atoms with Gasteiger partial charge in [-0.2, -0.15) is 0 Å². The lowest BCUT2D eigenvalue weighted by Crippen LogP contribution is -2.50. The van der Waals surface area contributed by atoms with Crippen molar-refractivity contribution < 1.29 is 14.3 Å². The zero-order valence-electron chi connectivity index (χ0n) is 12.9. The van der Waals surface area contributed by atoms with Crippen molar-refractivity contribution in [1.29, 1.82) is 0 Å². The van der Waals surface area contributed by atoms with Gasteiger partial charge in [-0.3, -0.25) is 4.79 Å². The number of aromatic nitrogens is 2. The van der Waals surface area contributed by atoms with Crippen LogP contribution in [0.15, 0.2) is 42.9 Å². The molecule has 0 unspecified atom stereocenters. The smallest absolute Gasteiger partial charge is 0.328 e. The molecule has 0 spiro atoms. The second-order valence-electron chi connectivity index (χ2n) is 5.15. The Bertz CT molecular complexity index is 628. The molecule has 0 fully saturated rings. The van der Waals surface area contributed by atoms with Crippen molar-refractivity contribution in [3.63, 3.8) is 0 Å². The van der Waals surface area contributed by atoms with Gasteiger partial charge in [-0.05, 0) is 12.0 Å². The summed E-state index contributed by atoms with van der Waals surface area (Å²) in [4.78, 5) is 30.9. The molecule has 4 N–H and O–H groups in total. The van der Waals surface area contributed by atoms with Crippen LogP contribution in [0.1, 0.15) is 11.3 Å². The first-order valence-electron chi connectivity index (χ1n) is 7.25. The normalized spacial score (nSPS) is 13.1. The number of H-pyrrole nitrogens is 1. The molecule has 0 aliphatic rings. The van der Waals surface area contributed by atoms with Crippen molar-refractivity contribution >= 4 is 11.9 Å². The number of esters is 1. The van der Waals surface area contributed by atoms with Gasteiger partial charge in [0.05, 0.1) is 25.2 Å². The molecule has 1 aromatic carbocycles.